The van der Waals surface area contributed by atoms with Crippen LogP contribution in [0.2, 0.25) is 5.02 Å². The first-order valence-electron chi connectivity index (χ1n) is 14.6. The molecule has 5 unspecified atom stereocenters. The van der Waals surface area contributed by atoms with E-state index in [9.17, 15) is 4.79 Å². The third kappa shape index (κ3) is 11.1. The van der Waals surface area contributed by atoms with E-state index in [4.69, 9.17) is 41.7 Å². The van der Waals surface area contributed by atoms with Crippen molar-refractivity contribution in [3.05, 3.63) is 65.2 Å². The normalized spacial score (nSPS) is 19.5. The number of anilines is 1. The van der Waals surface area contributed by atoms with Crippen LogP contribution >= 0.6 is 43.7 Å². The van der Waals surface area contributed by atoms with Gasteiger partial charge in [-0.15, -0.1) is 0 Å². The van der Waals surface area contributed by atoms with Crippen LogP contribution in [0.4, 0.5) is 5.82 Å². The van der Waals surface area contributed by atoms with Gasteiger partial charge in [0.2, 0.25) is 0 Å². The Morgan fingerprint density at radius 2 is 1.98 bits per heavy atom. The van der Waals surface area contributed by atoms with Crippen LogP contribution in [0.3, 0.4) is 0 Å². The largest absolute Gasteiger partial charge is 0.460 e. The summed E-state index contributed by atoms with van der Waals surface area (Å²) in [6, 6.07) is 6.20. The summed E-state index contributed by atoms with van der Waals surface area (Å²) in [4.78, 5) is 29.1. The second kappa shape index (κ2) is 19.4. The lowest BCUT2D eigenvalue weighted by molar-refractivity contribution is -0.144. The lowest BCUT2D eigenvalue weighted by atomic mass is 10.1. The Morgan fingerprint density at radius 3 is 2.63 bits per heavy atom. The van der Waals surface area contributed by atoms with Gasteiger partial charge in [0.05, 0.1) is 19.0 Å². The molecule has 3 aromatic rings. The Bertz CT molecular complexity index is 1440. The van der Waals surface area contributed by atoms with Crippen LogP contribution in [0.25, 0.3) is 11.2 Å². The zero-order valence-electron chi connectivity index (χ0n) is 27.0. The second-order valence-corrected chi connectivity index (χ2v) is 12.9. The van der Waals surface area contributed by atoms with Gasteiger partial charge >= 0.3 is 14.5 Å². The first-order chi connectivity index (χ1) is 22.1. The number of nitrogens with zero attached hydrogens (tertiary/aromatic N) is 5. The SMILES string of the molecule is C/C=C\C.CSNN(C)c1ncnc2c1ncn2C1OC(COP(NC(C)C(=O)OC/C(C)=C\Cl)Oc2ccc(Cl)cc2)CC1C. The van der Waals surface area contributed by atoms with Gasteiger partial charge in [-0.05, 0) is 70.2 Å². The molecule has 0 bridgehead atoms. The fourth-order valence-corrected chi connectivity index (χ4v) is 5.97. The van der Waals surface area contributed by atoms with Gasteiger partial charge < -0.3 is 18.5 Å². The van der Waals surface area contributed by atoms with E-state index in [-0.39, 0.29) is 31.5 Å². The fraction of sp³-hybridized carbons (Fsp3) is 0.467. The maximum absolute atomic E-state index is 12.6. The van der Waals surface area contributed by atoms with E-state index in [0.29, 0.717) is 27.8 Å². The molecule has 5 atom stereocenters. The van der Waals surface area contributed by atoms with Crippen molar-refractivity contribution < 1.29 is 23.3 Å². The number of hydrogen-bond donors (Lipinski definition) is 2. The topological polar surface area (TPSA) is 125 Å². The Morgan fingerprint density at radius 1 is 1.26 bits per heavy atom. The highest BCUT2D eigenvalue weighted by atomic mass is 35.5. The number of nitrogens with one attached hydrogen (secondary N) is 2. The molecule has 16 heteroatoms. The lowest BCUT2D eigenvalue weighted by Crippen LogP contribution is -2.34. The van der Waals surface area contributed by atoms with Gasteiger partial charge in [-0.2, -0.15) is 4.83 Å². The number of imidazole rings is 1. The van der Waals surface area contributed by atoms with Crippen LogP contribution in [0.1, 0.15) is 47.3 Å². The van der Waals surface area contributed by atoms with Gasteiger partial charge in [0.1, 0.15) is 31.0 Å². The van der Waals surface area contributed by atoms with Gasteiger partial charge in [0.15, 0.2) is 17.0 Å². The van der Waals surface area contributed by atoms with Gasteiger partial charge in [0, 0.05) is 23.5 Å². The van der Waals surface area contributed by atoms with Gasteiger partial charge in [-0.3, -0.25) is 14.4 Å². The number of allylic oxidation sites excluding steroid dienone is 2. The predicted molar refractivity (Wildman–Crippen MR) is 187 cm³/mol. The summed E-state index contributed by atoms with van der Waals surface area (Å²) in [5.41, 5.74) is 3.45. The molecule has 4 rings (SSSR count). The summed E-state index contributed by atoms with van der Waals surface area (Å²) in [5.74, 6) is 0.900. The van der Waals surface area contributed by atoms with Crippen LogP contribution in [0.15, 0.2) is 60.2 Å². The molecule has 1 aromatic carbocycles. The number of benzene rings is 1. The molecule has 0 saturated carbocycles. The lowest BCUT2D eigenvalue weighted by Gasteiger charge is -2.23. The van der Waals surface area contributed by atoms with Crippen molar-refractivity contribution in [3.8, 4) is 5.75 Å². The van der Waals surface area contributed by atoms with Crippen molar-refractivity contribution >= 4 is 66.6 Å². The smallest absolute Gasteiger partial charge is 0.323 e. The summed E-state index contributed by atoms with van der Waals surface area (Å²) in [7, 11) is 0.121. The van der Waals surface area contributed by atoms with E-state index in [0.717, 1.165) is 12.0 Å². The maximum Gasteiger partial charge on any atom is 0.323 e. The van der Waals surface area contributed by atoms with E-state index in [1.54, 1.807) is 49.4 Å². The van der Waals surface area contributed by atoms with Crippen molar-refractivity contribution in [1.29, 1.82) is 0 Å². The average Bonchev–Trinajstić information content (AvgIpc) is 3.66. The summed E-state index contributed by atoms with van der Waals surface area (Å²) < 4.78 is 25.9. The molecule has 0 amide bonds. The minimum absolute atomic E-state index is 0.0973. The fourth-order valence-electron chi connectivity index (χ4n) is 4.20. The zero-order chi connectivity index (χ0) is 33.6. The first-order valence-corrected chi connectivity index (χ1v) is 17.8. The van der Waals surface area contributed by atoms with Gasteiger partial charge in [0.25, 0.3) is 0 Å². The second-order valence-electron chi connectivity index (χ2n) is 10.4. The molecule has 0 aliphatic carbocycles. The summed E-state index contributed by atoms with van der Waals surface area (Å²) >= 11 is 13.2. The standard InChI is InChI=1S/C26H34Cl2N7O5PS.C4H8/c1-16(11-27)12-37-26(36)18(3)32-41(40-20-8-6-19(28)7-9-20)38-13-21-10-17(2)25(39-21)35-15-31-22-23(34(4)33-42-5)29-14-30-24(22)35;1-3-4-2/h6-9,11,14-15,17-18,21,25,32-33H,10,12-13H2,1-5H3;3-4H,1-2H3/b16-11-;4-3-. The van der Waals surface area contributed by atoms with Crippen LogP contribution in [-0.2, 0) is 18.8 Å². The molecule has 3 heterocycles. The van der Waals surface area contributed by atoms with E-state index in [1.165, 1.54) is 23.8 Å². The van der Waals surface area contributed by atoms with Crippen molar-refractivity contribution in [2.45, 2.75) is 59.4 Å². The molecule has 2 aromatic heterocycles. The number of hydrogen-bond acceptors (Lipinski definition) is 12. The molecule has 1 fully saturated rings. The third-order valence-corrected chi connectivity index (χ3v) is 9.05. The molecule has 252 valence electrons. The molecule has 1 saturated heterocycles. The van der Waals surface area contributed by atoms with Gasteiger partial charge in [-0.25, -0.2) is 20.0 Å². The number of ether oxygens (including phenoxy) is 2. The zero-order valence-corrected chi connectivity index (χ0v) is 30.2. The highest BCUT2D eigenvalue weighted by Crippen LogP contribution is 2.41. The predicted octanol–water partition coefficient (Wildman–Crippen LogP) is 7.19. The number of halogens is 2. The molecule has 1 aliphatic heterocycles. The molecular formula is C30H42Cl2N7O5PS. The highest BCUT2D eigenvalue weighted by Gasteiger charge is 2.36. The maximum atomic E-state index is 12.6. The van der Waals surface area contributed by atoms with E-state index in [2.05, 4.69) is 31.8 Å². The first kappa shape index (κ1) is 38.0. The quantitative estimate of drug-likeness (QED) is 0.0578. The molecule has 46 heavy (non-hydrogen) atoms. The number of carbonyl (C=O) groups is 1. The number of rotatable bonds is 14. The van der Waals surface area contributed by atoms with Crippen LogP contribution in [0.5, 0.6) is 5.75 Å². The van der Waals surface area contributed by atoms with Crippen molar-refractivity contribution in [2.24, 2.45) is 5.92 Å². The average molecular weight is 715 g/mol. The third-order valence-electron chi connectivity index (χ3n) is 6.61. The summed E-state index contributed by atoms with van der Waals surface area (Å²) in [5, 5.41) is 5.48. The molecule has 2 N–H and O–H groups in total. The number of hydrazine groups is 1. The molecule has 12 nitrogen and oxygen atoms in total. The summed E-state index contributed by atoms with van der Waals surface area (Å²) in [6.07, 6.45) is 9.38. The number of esters is 1. The minimum Gasteiger partial charge on any atom is -0.460 e. The Labute approximate surface area is 286 Å². The number of aromatic nitrogens is 4. The Kier molecular flexibility index (Phi) is 16.0. The van der Waals surface area contributed by atoms with Crippen molar-refractivity contribution in [1.82, 2.24) is 29.4 Å². The van der Waals surface area contributed by atoms with Crippen LogP contribution in [0, 0.1) is 5.92 Å². The van der Waals surface area contributed by atoms with Gasteiger partial charge in [-0.1, -0.05) is 54.2 Å². The monoisotopic (exact) mass is 713 g/mol. The van der Waals surface area contributed by atoms with E-state index >= 15 is 0 Å². The van der Waals surface area contributed by atoms with Crippen LogP contribution in [-0.4, -0.2) is 64.2 Å². The molecule has 1 aliphatic rings. The molecule has 0 radical (unpaired) electrons. The Hall–Kier alpha value is -2.48. The highest BCUT2D eigenvalue weighted by molar-refractivity contribution is 7.96. The number of fused-ring (bicyclic) bond motifs is 1. The minimum atomic E-state index is -1.75. The Balaban J connectivity index is 0.00000136. The number of carbonyl (C=O) groups excluding carboxylic acids is 1. The van der Waals surface area contributed by atoms with Crippen molar-refractivity contribution in [3.63, 3.8) is 0 Å². The van der Waals surface area contributed by atoms with E-state index < -0.39 is 20.5 Å². The molecular weight excluding hydrogens is 672 g/mol. The van der Waals surface area contributed by atoms with E-state index in [1.807, 2.05) is 43.9 Å². The van der Waals surface area contributed by atoms with Crippen molar-refractivity contribution in [2.75, 3.05) is 31.5 Å². The summed E-state index contributed by atoms with van der Waals surface area (Å²) in [6.45, 7) is 9.90. The van der Waals surface area contributed by atoms with Crippen LogP contribution < -0.4 is 19.5 Å². The molecule has 0 spiro atoms.